The molecule has 0 atom stereocenters. The van der Waals surface area contributed by atoms with Crippen molar-refractivity contribution in [3.63, 3.8) is 0 Å². The second-order valence-electron chi connectivity index (χ2n) is 5.03. The van der Waals surface area contributed by atoms with Crippen LogP contribution in [-0.4, -0.2) is 19.2 Å². The van der Waals surface area contributed by atoms with Crippen molar-refractivity contribution in [2.45, 2.75) is 0 Å². The molecule has 2 heterocycles. The van der Waals surface area contributed by atoms with Crippen molar-refractivity contribution in [2.24, 2.45) is 0 Å². The zero-order valence-corrected chi connectivity index (χ0v) is 13.7. The van der Waals surface area contributed by atoms with Crippen molar-refractivity contribution in [2.75, 3.05) is 14.2 Å². The van der Waals surface area contributed by atoms with Crippen molar-refractivity contribution < 1.29 is 9.47 Å². The molecular formula is C17H13NO2S2. The Morgan fingerprint density at radius 3 is 2.45 bits per heavy atom. The molecule has 2 aromatic heterocycles. The summed E-state index contributed by atoms with van der Waals surface area (Å²) in [6.07, 6.45) is 0. The van der Waals surface area contributed by atoms with Crippen molar-refractivity contribution in [3.05, 3.63) is 41.0 Å². The lowest BCUT2D eigenvalue weighted by Gasteiger charge is -2.05. The second-order valence-corrected chi connectivity index (χ2v) is 6.49. The minimum Gasteiger partial charge on any atom is -0.497 e. The van der Waals surface area contributed by atoms with Gasteiger partial charge in [-0.2, -0.15) is 0 Å². The molecule has 4 rings (SSSR count). The molecule has 110 valence electrons. The molecule has 0 unspecified atom stereocenters. The Hall–Kier alpha value is -2.11. The van der Waals surface area contributed by atoms with Crippen LogP contribution in [0.1, 0.15) is 0 Å². The first-order chi connectivity index (χ1) is 10.7. The van der Waals surface area contributed by atoms with Crippen LogP contribution < -0.4 is 9.47 Å². The zero-order chi connectivity index (χ0) is 15.3. The first-order valence-electron chi connectivity index (χ1n) is 6.81. The van der Waals surface area contributed by atoms with Crippen LogP contribution in [0.2, 0.25) is 0 Å². The summed E-state index contributed by atoms with van der Waals surface area (Å²) in [5, 5.41) is 3.50. The van der Waals surface area contributed by atoms with Crippen LogP contribution in [0.15, 0.2) is 36.4 Å². The lowest BCUT2D eigenvalue weighted by Crippen LogP contribution is -1.86. The summed E-state index contributed by atoms with van der Waals surface area (Å²) in [4.78, 5) is 3.31. The summed E-state index contributed by atoms with van der Waals surface area (Å²) < 4.78 is 13.8. The average Bonchev–Trinajstić information content (AvgIpc) is 2.93. The lowest BCUT2D eigenvalue weighted by molar-refractivity contribution is 0.415. The maximum atomic E-state index is 5.55. The summed E-state index contributed by atoms with van der Waals surface area (Å²) in [6, 6.07) is 12.2. The number of benzene rings is 2. The van der Waals surface area contributed by atoms with E-state index in [1.54, 1.807) is 25.6 Å². The van der Waals surface area contributed by atoms with E-state index >= 15 is 0 Å². The van der Waals surface area contributed by atoms with Gasteiger partial charge in [-0.05, 0) is 30.3 Å². The van der Waals surface area contributed by atoms with Crippen LogP contribution in [0.5, 0.6) is 11.5 Å². The van der Waals surface area contributed by atoms with Gasteiger partial charge in [-0.3, -0.25) is 0 Å². The zero-order valence-electron chi connectivity index (χ0n) is 12.1. The highest BCUT2D eigenvalue weighted by Gasteiger charge is 2.12. The van der Waals surface area contributed by atoms with Gasteiger partial charge in [-0.25, -0.2) is 0 Å². The predicted octanol–water partition coefficient (Wildman–Crippen LogP) is 5.28. The van der Waals surface area contributed by atoms with E-state index in [2.05, 4.69) is 23.2 Å². The summed E-state index contributed by atoms with van der Waals surface area (Å²) >= 11 is 7.26. The molecule has 0 aliphatic rings. The molecule has 22 heavy (non-hydrogen) atoms. The van der Waals surface area contributed by atoms with Crippen LogP contribution in [0.25, 0.3) is 31.1 Å². The Bertz CT molecular complexity index is 1080. The third-order valence-corrected chi connectivity index (χ3v) is 5.47. The fraction of sp³-hybridized carbons (Fsp3) is 0.118. The van der Waals surface area contributed by atoms with Gasteiger partial charge in [-0.15, -0.1) is 11.3 Å². The summed E-state index contributed by atoms with van der Waals surface area (Å²) in [5.41, 5.74) is 0.986. The number of rotatable bonds is 2. The maximum absolute atomic E-state index is 5.55. The van der Waals surface area contributed by atoms with Gasteiger partial charge in [0, 0.05) is 26.9 Å². The van der Waals surface area contributed by atoms with Crippen molar-refractivity contribution >= 4 is 54.6 Å². The number of aromatic amines is 1. The molecule has 2 aromatic carbocycles. The molecular weight excluding hydrogens is 314 g/mol. The van der Waals surface area contributed by atoms with Crippen molar-refractivity contribution in [3.8, 4) is 11.5 Å². The molecule has 1 N–H and O–H groups in total. The molecule has 0 fully saturated rings. The third kappa shape index (κ3) is 1.90. The molecule has 0 spiro atoms. The van der Waals surface area contributed by atoms with Crippen LogP contribution in [-0.2, 0) is 0 Å². The molecule has 0 aliphatic carbocycles. The van der Waals surface area contributed by atoms with E-state index in [1.165, 1.54) is 15.5 Å². The molecule has 0 radical (unpaired) electrons. The number of aromatic nitrogens is 1. The minimum atomic E-state index is 0.760. The number of fused-ring (bicyclic) bond motifs is 5. The number of ether oxygens (including phenoxy) is 2. The first kappa shape index (κ1) is 13.5. The molecule has 0 bridgehead atoms. The van der Waals surface area contributed by atoms with Gasteiger partial charge >= 0.3 is 0 Å². The largest absolute Gasteiger partial charge is 0.497 e. The van der Waals surface area contributed by atoms with Crippen LogP contribution in [0.3, 0.4) is 0 Å². The topological polar surface area (TPSA) is 34.2 Å². The van der Waals surface area contributed by atoms with E-state index in [0.717, 1.165) is 31.7 Å². The standard InChI is InChI=1S/C17H13NO2S2/c1-19-9-4-6-14-12(7-9)15-11-5-3-10(20-2)8-13(11)18-17(21)16(15)22-14/h3-8H,1-2H3,(H,18,21). The van der Waals surface area contributed by atoms with E-state index in [-0.39, 0.29) is 0 Å². The number of thiophene rings is 1. The number of pyridine rings is 1. The Morgan fingerprint density at radius 2 is 1.68 bits per heavy atom. The Kier molecular flexibility index (Phi) is 3.06. The quantitative estimate of drug-likeness (QED) is 0.508. The monoisotopic (exact) mass is 327 g/mol. The van der Waals surface area contributed by atoms with E-state index in [0.29, 0.717) is 0 Å². The highest BCUT2D eigenvalue weighted by atomic mass is 32.1. The van der Waals surface area contributed by atoms with Gasteiger partial charge in [0.1, 0.15) is 16.1 Å². The predicted molar refractivity (Wildman–Crippen MR) is 95.1 cm³/mol. The summed E-state index contributed by atoms with van der Waals surface area (Å²) in [7, 11) is 3.35. The lowest BCUT2D eigenvalue weighted by atomic mass is 10.1. The van der Waals surface area contributed by atoms with Gasteiger partial charge in [0.25, 0.3) is 0 Å². The number of hydrogen-bond donors (Lipinski definition) is 1. The number of hydrogen-bond acceptors (Lipinski definition) is 4. The molecule has 0 aliphatic heterocycles. The van der Waals surface area contributed by atoms with Crippen molar-refractivity contribution in [1.82, 2.24) is 4.98 Å². The minimum absolute atomic E-state index is 0.760. The molecule has 0 saturated carbocycles. The normalized spacial score (nSPS) is 11.4. The van der Waals surface area contributed by atoms with Gasteiger partial charge in [0.15, 0.2) is 0 Å². The van der Waals surface area contributed by atoms with Gasteiger partial charge in [0.2, 0.25) is 0 Å². The van der Waals surface area contributed by atoms with E-state index in [1.807, 2.05) is 18.2 Å². The van der Waals surface area contributed by atoms with E-state index in [4.69, 9.17) is 21.7 Å². The molecule has 0 saturated heterocycles. The third-order valence-electron chi connectivity index (χ3n) is 3.85. The fourth-order valence-corrected chi connectivity index (χ4v) is 4.21. The van der Waals surface area contributed by atoms with Crippen LogP contribution in [0.4, 0.5) is 0 Å². The second kappa shape index (κ2) is 4.97. The van der Waals surface area contributed by atoms with Gasteiger partial charge in [-0.1, -0.05) is 12.2 Å². The smallest absolute Gasteiger partial charge is 0.121 e. The number of nitrogens with one attached hydrogen (secondary N) is 1. The number of H-pyrrole nitrogens is 1. The van der Waals surface area contributed by atoms with Crippen molar-refractivity contribution in [1.29, 1.82) is 0 Å². The highest BCUT2D eigenvalue weighted by molar-refractivity contribution is 7.71. The Morgan fingerprint density at radius 1 is 0.955 bits per heavy atom. The van der Waals surface area contributed by atoms with Gasteiger partial charge < -0.3 is 14.5 Å². The number of methoxy groups -OCH3 is 2. The summed E-state index contributed by atoms with van der Waals surface area (Å²) in [5.74, 6) is 1.67. The van der Waals surface area contributed by atoms with Gasteiger partial charge in [0.05, 0.1) is 24.4 Å². The average molecular weight is 327 g/mol. The maximum Gasteiger partial charge on any atom is 0.121 e. The SMILES string of the molecule is COc1ccc2c(c1)[nH]c(=S)c1sc3ccc(OC)cc3c12. The summed E-state index contributed by atoms with van der Waals surface area (Å²) in [6.45, 7) is 0. The Balaban J connectivity index is 2.24. The fourth-order valence-electron chi connectivity index (χ4n) is 2.78. The molecule has 0 amide bonds. The Labute approximate surface area is 136 Å². The van der Waals surface area contributed by atoms with E-state index < -0.39 is 0 Å². The molecule has 4 aromatic rings. The molecule has 3 nitrogen and oxygen atoms in total. The molecule has 5 heteroatoms. The highest BCUT2D eigenvalue weighted by Crippen LogP contribution is 2.40. The first-order valence-corrected chi connectivity index (χ1v) is 8.04. The van der Waals surface area contributed by atoms with Crippen LogP contribution >= 0.6 is 23.6 Å². The van der Waals surface area contributed by atoms with Crippen LogP contribution in [0, 0.1) is 4.64 Å². The van der Waals surface area contributed by atoms with E-state index in [9.17, 15) is 0 Å².